The zero-order valence-electron chi connectivity index (χ0n) is 9.45. The van der Waals surface area contributed by atoms with E-state index in [2.05, 4.69) is 13.8 Å². The van der Waals surface area contributed by atoms with Crippen LogP contribution in [-0.2, 0) is 6.54 Å². The van der Waals surface area contributed by atoms with Crippen molar-refractivity contribution in [3.05, 3.63) is 33.7 Å². The van der Waals surface area contributed by atoms with Crippen LogP contribution in [0.1, 0.15) is 31.5 Å². The van der Waals surface area contributed by atoms with Crippen LogP contribution >= 0.6 is 0 Å². The van der Waals surface area contributed by atoms with Crippen molar-refractivity contribution in [1.29, 1.82) is 5.26 Å². The highest BCUT2D eigenvalue weighted by Crippen LogP contribution is 2.04. The second-order valence-corrected chi connectivity index (χ2v) is 4.14. The summed E-state index contributed by atoms with van der Waals surface area (Å²) in [5.74, 6) is 0.557. The summed E-state index contributed by atoms with van der Waals surface area (Å²) in [5.41, 5.74) is 0.974. The number of nitriles is 1. The molecule has 0 bridgehead atoms. The van der Waals surface area contributed by atoms with E-state index in [1.54, 1.807) is 10.6 Å². The SMILES string of the molecule is Cc1ccc(C#N)c(=O)n1CCC(C)C. The van der Waals surface area contributed by atoms with Gasteiger partial charge in [-0.05, 0) is 31.4 Å². The van der Waals surface area contributed by atoms with Gasteiger partial charge in [-0.15, -0.1) is 0 Å². The molecule has 0 N–H and O–H groups in total. The molecular weight excluding hydrogens is 188 g/mol. The van der Waals surface area contributed by atoms with Crippen LogP contribution in [0.15, 0.2) is 16.9 Å². The van der Waals surface area contributed by atoms with Gasteiger partial charge in [0.15, 0.2) is 0 Å². The Morgan fingerprint density at radius 1 is 1.47 bits per heavy atom. The van der Waals surface area contributed by atoms with E-state index in [1.807, 2.05) is 19.1 Å². The maximum Gasteiger partial charge on any atom is 0.268 e. The zero-order valence-corrected chi connectivity index (χ0v) is 9.45. The molecule has 80 valence electrons. The van der Waals surface area contributed by atoms with Crippen molar-refractivity contribution in [2.24, 2.45) is 5.92 Å². The molecule has 0 aliphatic carbocycles. The molecule has 0 aromatic carbocycles. The number of rotatable bonds is 3. The molecule has 0 radical (unpaired) electrons. The lowest BCUT2D eigenvalue weighted by Gasteiger charge is -2.11. The summed E-state index contributed by atoms with van der Waals surface area (Å²) in [5, 5.41) is 8.75. The summed E-state index contributed by atoms with van der Waals surface area (Å²) >= 11 is 0. The van der Waals surface area contributed by atoms with Crippen LogP contribution in [0.2, 0.25) is 0 Å². The van der Waals surface area contributed by atoms with Crippen molar-refractivity contribution in [3.8, 4) is 6.07 Å². The highest BCUT2D eigenvalue weighted by atomic mass is 16.1. The van der Waals surface area contributed by atoms with Gasteiger partial charge in [0, 0.05) is 12.2 Å². The first-order valence-corrected chi connectivity index (χ1v) is 5.16. The number of aromatic nitrogens is 1. The molecule has 1 aromatic rings. The molecule has 1 aromatic heterocycles. The van der Waals surface area contributed by atoms with Crippen LogP contribution in [0.4, 0.5) is 0 Å². The maximum atomic E-state index is 11.8. The lowest BCUT2D eigenvalue weighted by Crippen LogP contribution is -2.24. The number of pyridine rings is 1. The van der Waals surface area contributed by atoms with Crippen molar-refractivity contribution in [2.45, 2.75) is 33.7 Å². The first kappa shape index (κ1) is 11.5. The van der Waals surface area contributed by atoms with E-state index < -0.39 is 0 Å². The molecule has 3 nitrogen and oxygen atoms in total. The van der Waals surface area contributed by atoms with Crippen LogP contribution < -0.4 is 5.56 Å². The Hall–Kier alpha value is -1.56. The Kier molecular flexibility index (Phi) is 3.68. The predicted octanol–water partition coefficient (Wildman–Crippen LogP) is 2.07. The molecule has 0 fully saturated rings. The smallest absolute Gasteiger partial charge is 0.268 e. The van der Waals surface area contributed by atoms with Crippen molar-refractivity contribution >= 4 is 0 Å². The van der Waals surface area contributed by atoms with Crippen molar-refractivity contribution in [1.82, 2.24) is 4.57 Å². The van der Waals surface area contributed by atoms with Crippen LogP contribution in [0.3, 0.4) is 0 Å². The van der Waals surface area contributed by atoms with Crippen LogP contribution in [0.25, 0.3) is 0 Å². The topological polar surface area (TPSA) is 45.8 Å². The average molecular weight is 204 g/mol. The third-order valence-electron chi connectivity index (χ3n) is 2.44. The maximum absolute atomic E-state index is 11.8. The number of hydrogen-bond acceptors (Lipinski definition) is 2. The number of nitrogens with zero attached hydrogens (tertiary/aromatic N) is 2. The normalized spacial score (nSPS) is 10.3. The largest absolute Gasteiger partial charge is 0.312 e. The highest BCUT2D eigenvalue weighted by molar-refractivity contribution is 5.27. The number of hydrogen-bond donors (Lipinski definition) is 0. The molecule has 0 aliphatic rings. The van der Waals surface area contributed by atoms with E-state index in [0.29, 0.717) is 12.5 Å². The van der Waals surface area contributed by atoms with E-state index in [1.165, 1.54) is 0 Å². The van der Waals surface area contributed by atoms with Gasteiger partial charge < -0.3 is 4.57 Å². The Morgan fingerprint density at radius 3 is 2.67 bits per heavy atom. The van der Waals surface area contributed by atoms with Gasteiger partial charge in [-0.2, -0.15) is 5.26 Å². The summed E-state index contributed by atoms with van der Waals surface area (Å²) in [6.07, 6.45) is 0.954. The summed E-state index contributed by atoms with van der Waals surface area (Å²) in [4.78, 5) is 11.8. The van der Waals surface area contributed by atoms with Gasteiger partial charge in [0.05, 0.1) is 0 Å². The van der Waals surface area contributed by atoms with Gasteiger partial charge in [0.2, 0.25) is 0 Å². The van der Waals surface area contributed by atoms with E-state index in [0.717, 1.165) is 12.1 Å². The van der Waals surface area contributed by atoms with Gasteiger partial charge in [0.1, 0.15) is 11.6 Å². The molecule has 1 heterocycles. The second kappa shape index (κ2) is 4.79. The lowest BCUT2D eigenvalue weighted by molar-refractivity contribution is 0.501. The second-order valence-electron chi connectivity index (χ2n) is 4.14. The fraction of sp³-hybridized carbons (Fsp3) is 0.500. The third-order valence-corrected chi connectivity index (χ3v) is 2.44. The molecule has 0 atom stereocenters. The molecule has 1 rings (SSSR count). The molecule has 0 amide bonds. The Bertz CT molecular complexity index is 438. The third kappa shape index (κ3) is 2.69. The zero-order chi connectivity index (χ0) is 11.4. The van der Waals surface area contributed by atoms with Gasteiger partial charge >= 0.3 is 0 Å². The molecule has 15 heavy (non-hydrogen) atoms. The van der Waals surface area contributed by atoms with Crippen LogP contribution in [0.5, 0.6) is 0 Å². The Morgan fingerprint density at radius 2 is 2.13 bits per heavy atom. The molecule has 0 aliphatic heterocycles. The molecular formula is C12H16N2O. The minimum Gasteiger partial charge on any atom is -0.312 e. The van der Waals surface area contributed by atoms with Gasteiger partial charge in [-0.1, -0.05) is 13.8 Å². The van der Waals surface area contributed by atoms with Gasteiger partial charge in [0.25, 0.3) is 5.56 Å². The lowest BCUT2D eigenvalue weighted by atomic mass is 10.1. The fourth-order valence-electron chi connectivity index (χ4n) is 1.42. The van der Waals surface area contributed by atoms with Crippen LogP contribution in [-0.4, -0.2) is 4.57 Å². The first-order valence-electron chi connectivity index (χ1n) is 5.16. The van der Waals surface area contributed by atoms with Crippen molar-refractivity contribution in [3.63, 3.8) is 0 Å². The molecule has 3 heteroatoms. The summed E-state index contributed by atoms with van der Waals surface area (Å²) in [6.45, 7) is 6.82. The fourth-order valence-corrected chi connectivity index (χ4v) is 1.42. The van der Waals surface area contributed by atoms with Crippen LogP contribution in [0, 0.1) is 24.2 Å². The molecule has 0 unspecified atom stereocenters. The average Bonchev–Trinajstić information content (AvgIpc) is 2.17. The minimum absolute atomic E-state index is 0.168. The minimum atomic E-state index is -0.168. The van der Waals surface area contributed by atoms with E-state index in [4.69, 9.17) is 5.26 Å². The highest BCUT2D eigenvalue weighted by Gasteiger charge is 2.05. The van der Waals surface area contributed by atoms with Crippen molar-refractivity contribution < 1.29 is 0 Å². The standard InChI is InChI=1S/C12H16N2O/c1-9(2)6-7-14-10(3)4-5-11(8-13)12(14)15/h4-5,9H,6-7H2,1-3H3. The van der Waals surface area contributed by atoms with E-state index in [-0.39, 0.29) is 11.1 Å². The Balaban J connectivity index is 3.06. The quantitative estimate of drug-likeness (QED) is 0.756. The van der Waals surface area contributed by atoms with Gasteiger partial charge in [-0.3, -0.25) is 4.79 Å². The number of aryl methyl sites for hydroxylation is 1. The van der Waals surface area contributed by atoms with Gasteiger partial charge in [-0.25, -0.2) is 0 Å². The summed E-state index contributed by atoms with van der Waals surface area (Å²) < 4.78 is 1.68. The predicted molar refractivity (Wildman–Crippen MR) is 59.6 cm³/mol. The van der Waals surface area contributed by atoms with E-state index >= 15 is 0 Å². The first-order chi connectivity index (χ1) is 7.06. The Labute approximate surface area is 90.0 Å². The molecule has 0 spiro atoms. The summed E-state index contributed by atoms with van der Waals surface area (Å²) in [6, 6.07) is 5.32. The summed E-state index contributed by atoms with van der Waals surface area (Å²) in [7, 11) is 0. The van der Waals surface area contributed by atoms with E-state index in [9.17, 15) is 4.79 Å². The van der Waals surface area contributed by atoms with Crippen molar-refractivity contribution in [2.75, 3.05) is 0 Å². The molecule has 0 saturated carbocycles. The monoisotopic (exact) mass is 204 g/mol. The molecule has 0 saturated heterocycles.